The Labute approximate surface area is 110 Å². The highest BCUT2D eigenvalue weighted by atomic mass is 15.3. The number of anilines is 2. The normalized spacial score (nSPS) is 28.4. The van der Waals surface area contributed by atoms with E-state index in [0.29, 0.717) is 0 Å². The Morgan fingerprint density at radius 2 is 1.94 bits per heavy atom. The van der Waals surface area contributed by atoms with Crippen LogP contribution in [0.15, 0.2) is 18.2 Å². The number of rotatable bonds is 1. The van der Waals surface area contributed by atoms with E-state index in [-0.39, 0.29) is 0 Å². The number of nitrogens with two attached hydrogens (primary N) is 1. The molecule has 2 fully saturated rings. The topological polar surface area (TPSA) is 32.5 Å². The Morgan fingerprint density at radius 1 is 1.17 bits per heavy atom. The van der Waals surface area contributed by atoms with Gasteiger partial charge >= 0.3 is 0 Å². The first-order valence-electron chi connectivity index (χ1n) is 6.98. The van der Waals surface area contributed by atoms with Crippen LogP contribution in [0.4, 0.5) is 11.4 Å². The van der Waals surface area contributed by atoms with E-state index in [1.54, 1.807) is 0 Å². The minimum atomic E-state index is 0.722. The minimum Gasteiger partial charge on any atom is -0.398 e. The van der Waals surface area contributed by atoms with Crippen LogP contribution in [-0.2, 0) is 0 Å². The van der Waals surface area contributed by atoms with Gasteiger partial charge in [0.1, 0.15) is 0 Å². The van der Waals surface area contributed by atoms with Gasteiger partial charge in [-0.05, 0) is 50.9 Å². The molecule has 2 aliphatic heterocycles. The summed E-state index contributed by atoms with van der Waals surface area (Å²) in [5.74, 6) is 0. The van der Waals surface area contributed by atoms with Crippen LogP contribution in [0.3, 0.4) is 0 Å². The fourth-order valence-electron chi connectivity index (χ4n) is 3.37. The molecule has 18 heavy (non-hydrogen) atoms. The van der Waals surface area contributed by atoms with E-state index in [4.69, 9.17) is 5.73 Å². The molecule has 2 saturated heterocycles. The average Bonchev–Trinajstić information content (AvgIpc) is 2.57. The van der Waals surface area contributed by atoms with E-state index in [2.05, 4.69) is 42.0 Å². The monoisotopic (exact) mass is 245 g/mol. The van der Waals surface area contributed by atoms with Crippen LogP contribution in [0.5, 0.6) is 0 Å². The quantitative estimate of drug-likeness (QED) is 0.770. The number of likely N-dealkylation sites (N-methyl/N-ethyl adjacent to an activating group) is 1. The number of aryl methyl sites for hydroxylation is 1. The molecule has 3 rings (SSSR count). The van der Waals surface area contributed by atoms with Crippen LogP contribution >= 0.6 is 0 Å². The Hall–Kier alpha value is -1.22. The van der Waals surface area contributed by atoms with Gasteiger partial charge in [-0.25, -0.2) is 0 Å². The molecule has 0 saturated carbocycles. The molecular weight excluding hydrogens is 222 g/mol. The summed E-state index contributed by atoms with van der Waals surface area (Å²) in [4.78, 5) is 5.09. The van der Waals surface area contributed by atoms with E-state index < -0.39 is 0 Å². The van der Waals surface area contributed by atoms with Crippen LogP contribution < -0.4 is 10.6 Å². The Bertz CT molecular complexity index is 443. The van der Waals surface area contributed by atoms with Crippen molar-refractivity contribution in [1.82, 2.24) is 4.90 Å². The number of hydrogen-bond donors (Lipinski definition) is 1. The molecule has 2 bridgehead atoms. The molecule has 0 aliphatic carbocycles. The van der Waals surface area contributed by atoms with Crippen LogP contribution in [0.1, 0.15) is 24.8 Å². The van der Waals surface area contributed by atoms with Gasteiger partial charge in [0.05, 0.1) is 0 Å². The highest BCUT2D eigenvalue weighted by molar-refractivity contribution is 5.60. The van der Waals surface area contributed by atoms with Crippen LogP contribution in [0.25, 0.3) is 0 Å². The van der Waals surface area contributed by atoms with Gasteiger partial charge in [0.15, 0.2) is 0 Å². The van der Waals surface area contributed by atoms with Gasteiger partial charge < -0.3 is 10.6 Å². The summed E-state index contributed by atoms with van der Waals surface area (Å²) in [6.45, 7) is 4.38. The molecule has 0 aromatic heterocycles. The average molecular weight is 245 g/mol. The van der Waals surface area contributed by atoms with Gasteiger partial charge in [0, 0.05) is 36.5 Å². The molecule has 98 valence electrons. The largest absolute Gasteiger partial charge is 0.398 e. The molecule has 3 heteroatoms. The summed E-state index contributed by atoms with van der Waals surface area (Å²) in [5.41, 5.74) is 9.41. The van der Waals surface area contributed by atoms with Crippen molar-refractivity contribution in [1.29, 1.82) is 0 Å². The van der Waals surface area contributed by atoms with Crippen molar-refractivity contribution in [2.45, 2.75) is 38.3 Å². The van der Waals surface area contributed by atoms with Gasteiger partial charge in [-0.1, -0.05) is 6.07 Å². The standard InChI is InChI=1S/C15H23N3/c1-11-3-4-13(9-15(11)16)18-8-7-12-5-6-14(10-18)17(12)2/h3-4,9,12,14H,5-8,10,16H2,1-2H3. The lowest BCUT2D eigenvalue weighted by atomic mass is 10.1. The summed E-state index contributed by atoms with van der Waals surface area (Å²) in [6.07, 6.45) is 4.00. The van der Waals surface area contributed by atoms with Crippen molar-refractivity contribution < 1.29 is 0 Å². The zero-order valence-corrected chi connectivity index (χ0v) is 11.4. The minimum absolute atomic E-state index is 0.722. The molecule has 0 radical (unpaired) electrons. The van der Waals surface area contributed by atoms with Gasteiger partial charge in [-0.2, -0.15) is 0 Å². The number of benzene rings is 1. The zero-order valence-electron chi connectivity index (χ0n) is 11.4. The maximum absolute atomic E-state index is 6.03. The number of fused-ring (bicyclic) bond motifs is 2. The zero-order chi connectivity index (χ0) is 12.7. The fourth-order valence-corrected chi connectivity index (χ4v) is 3.37. The summed E-state index contributed by atoms with van der Waals surface area (Å²) in [7, 11) is 2.29. The first kappa shape index (κ1) is 11.8. The molecule has 0 amide bonds. The lowest BCUT2D eigenvalue weighted by molar-refractivity contribution is 0.254. The van der Waals surface area contributed by atoms with Crippen molar-refractivity contribution >= 4 is 11.4 Å². The molecule has 2 heterocycles. The molecule has 2 aliphatic rings. The van der Waals surface area contributed by atoms with Crippen molar-refractivity contribution in [3.05, 3.63) is 23.8 Å². The molecule has 3 nitrogen and oxygen atoms in total. The first-order chi connectivity index (χ1) is 8.65. The van der Waals surface area contributed by atoms with E-state index in [1.165, 1.54) is 30.5 Å². The van der Waals surface area contributed by atoms with Crippen molar-refractivity contribution in [2.75, 3.05) is 30.8 Å². The maximum Gasteiger partial charge on any atom is 0.0387 e. The Kier molecular flexibility index (Phi) is 2.94. The van der Waals surface area contributed by atoms with Crippen molar-refractivity contribution in [3.63, 3.8) is 0 Å². The number of hydrogen-bond acceptors (Lipinski definition) is 3. The lowest BCUT2D eigenvalue weighted by Crippen LogP contribution is -2.36. The third-order valence-electron chi connectivity index (χ3n) is 4.78. The van der Waals surface area contributed by atoms with Crippen LogP contribution in [0, 0.1) is 6.92 Å². The predicted octanol–water partition coefficient (Wildman–Crippen LogP) is 2.25. The SMILES string of the molecule is Cc1ccc(N2CCC3CCC(C2)N3C)cc1N. The highest BCUT2D eigenvalue weighted by Crippen LogP contribution is 2.31. The van der Waals surface area contributed by atoms with Crippen molar-refractivity contribution in [2.24, 2.45) is 0 Å². The van der Waals surface area contributed by atoms with Gasteiger partial charge in [0.2, 0.25) is 0 Å². The third-order valence-corrected chi connectivity index (χ3v) is 4.78. The Balaban J connectivity index is 1.82. The Morgan fingerprint density at radius 3 is 2.72 bits per heavy atom. The summed E-state index contributed by atoms with van der Waals surface area (Å²) < 4.78 is 0. The molecule has 1 aromatic rings. The molecule has 2 unspecified atom stereocenters. The predicted molar refractivity (Wildman–Crippen MR) is 77.0 cm³/mol. The van der Waals surface area contributed by atoms with E-state index >= 15 is 0 Å². The van der Waals surface area contributed by atoms with Gasteiger partial charge in [0.25, 0.3) is 0 Å². The summed E-state index contributed by atoms with van der Waals surface area (Å²) in [5, 5.41) is 0. The summed E-state index contributed by atoms with van der Waals surface area (Å²) >= 11 is 0. The molecule has 1 aromatic carbocycles. The first-order valence-corrected chi connectivity index (χ1v) is 6.98. The number of nitrogen functional groups attached to an aromatic ring is 1. The van der Waals surface area contributed by atoms with Crippen molar-refractivity contribution in [3.8, 4) is 0 Å². The highest BCUT2D eigenvalue weighted by Gasteiger charge is 2.34. The van der Waals surface area contributed by atoms with E-state index in [0.717, 1.165) is 30.9 Å². The molecular formula is C15H23N3. The molecule has 0 spiro atoms. The molecule has 2 N–H and O–H groups in total. The number of nitrogens with zero attached hydrogens (tertiary/aromatic N) is 2. The second-order valence-corrected chi connectivity index (χ2v) is 5.83. The van der Waals surface area contributed by atoms with Crippen LogP contribution in [-0.4, -0.2) is 37.1 Å². The molecule has 2 atom stereocenters. The van der Waals surface area contributed by atoms with Gasteiger partial charge in [-0.15, -0.1) is 0 Å². The third kappa shape index (κ3) is 1.97. The summed E-state index contributed by atoms with van der Waals surface area (Å²) in [6, 6.07) is 8.00. The van der Waals surface area contributed by atoms with Crippen LogP contribution in [0.2, 0.25) is 0 Å². The van der Waals surface area contributed by atoms with E-state index in [1.807, 2.05) is 0 Å². The second kappa shape index (κ2) is 4.47. The fraction of sp³-hybridized carbons (Fsp3) is 0.600. The lowest BCUT2D eigenvalue weighted by Gasteiger charge is -2.28. The maximum atomic E-state index is 6.03. The smallest absolute Gasteiger partial charge is 0.0387 e. The second-order valence-electron chi connectivity index (χ2n) is 5.83. The van der Waals surface area contributed by atoms with E-state index in [9.17, 15) is 0 Å². The van der Waals surface area contributed by atoms with Gasteiger partial charge in [-0.3, -0.25) is 4.90 Å².